The van der Waals surface area contributed by atoms with Crippen LogP contribution >= 0.6 is 0 Å². The van der Waals surface area contributed by atoms with E-state index in [4.69, 9.17) is 5.10 Å². The Hall–Kier alpha value is -0.908. The van der Waals surface area contributed by atoms with Gasteiger partial charge in [-0.15, -0.1) is 0 Å². The Bertz CT molecular complexity index is 667. The van der Waals surface area contributed by atoms with Crippen molar-refractivity contribution in [2.75, 3.05) is 0 Å². The molecule has 1 heterocycles. The van der Waals surface area contributed by atoms with E-state index in [1.165, 1.54) is 39.1 Å². The van der Waals surface area contributed by atoms with Gasteiger partial charge in [0.1, 0.15) is 0 Å². The molecule has 0 atom stereocenters. The second kappa shape index (κ2) is 6.46. The summed E-state index contributed by atoms with van der Waals surface area (Å²) in [6.07, 6.45) is 0. The van der Waals surface area contributed by atoms with Crippen LogP contribution in [0, 0.1) is 41.5 Å². The van der Waals surface area contributed by atoms with Gasteiger partial charge in [0.15, 0.2) is 0 Å². The fraction of sp³-hybridized carbons (Fsp3) is 0.500. The van der Waals surface area contributed by atoms with Crippen LogP contribution in [0.1, 0.15) is 53.5 Å². The van der Waals surface area contributed by atoms with Crippen LogP contribution in [0.2, 0.25) is 0 Å². The van der Waals surface area contributed by atoms with E-state index in [2.05, 4.69) is 66.1 Å². The van der Waals surface area contributed by atoms with Gasteiger partial charge in [0, 0.05) is 37.7 Å². The van der Waals surface area contributed by atoms with Gasteiger partial charge in [-0.05, 0) is 83.2 Å². The Labute approximate surface area is 142 Å². The van der Waals surface area contributed by atoms with Gasteiger partial charge in [0.05, 0.1) is 5.69 Å². The Balaban J connectivity index is 0.00000220. The minimum atomic E-state index is 0. The number of hydrogen-bond donors (Lipinski definition) is 0. The predicted molar refractivity (Wildman–Crippen MR) is 86.5 cm³/mol. The van der Waals surface area contributed by atoms with Crippen molar-refractivity contribution in [3.05, 3.63) is 39.7 Å². The molecule has 0 aliphatic carbocycles. The molecule has 0 radical (unpaired) electrons. The Kier molecular flexibility index (Phi) is 5.58. The van der Waals surface area contributed by atoms with Crippen molar-refractivity contribution >= 4 is 0 Å². The molecule has 0 aliphatic rings. The van der Waals surface area contributed by atoms with Crippen LogP contribution in [-0.4, -0.2) is 9.78 Å². The molecular formula is C18H26N2Pd. The summed E-state index contributed by atoms with van der Waals surface area (Å²) in [5.74, 6) is 0. The molecule has 1 aromatic carbocycles. The van der Waals surface area contributed by atoms with Crippen LogP contribution in [0.15, 0.2) is 6.07 Å². The van der Waals surface area contributed by atoms with Crippen LogP contribution in [0.5, 0.6) is 0 Å². The van der Waals surface area contributed by atoms with Gasteiger partial charge in [0.2, 0.25) is 0 Å². The third kappa shape index (κ3) is 3.00. The fourth-order valence-corrected chi connectivity index (χ4v) is 3.20. The molecule has 0 saturated heterocycles. The maximum atomic E-state index is 4.74. The van der Waals surface area contributed by atoms with Gasteiger partial charge in [-0.25, -0.2) is 0 Å². The monoisotopic (exact) mass is 376 g/mol. The molecule has 21 heavy (non-hydrogen) atoms. The van der Waals surface area contributed by atoms with Crippen molar-refractivity contribution < 1.29 is 20.4 Å². The zero-order valence-corrected chi connectivity index (χ0v) is 15.9. The molecule has 0 amide bonds. The number of nitrogens with zero attached hydrogens (tertiary/aromatic N) is 2. The van der Waals surface area contributed by atoms with Crippen LogP contribution in [0.3, 0.4) is 0 Å². The number of hydrogen-bond acceptors (Lipinski definition) is 1. The van der Waals surface area contributed by atoms with Crippen LogP contribution in [0.4, 0.5) is 0 Å². The summed E-state index contributed by atoms with van der Waals surface area (Å²) in [6.45, 7) is 17.5. The molecule has 118 valence electrons. The summed E-state index contributed by atoms with van der Waals surface area (Å²) >= 11 is 0. The SMILES string of the molecule is Cc1cc(C)c(-c2c(C)nn(C(C)C)c2C)c(C)c1C.[Pd]. The van der Waals surface area contributed by atoms with E-state index in [-0.39, 0.29) is 20.4 Å². The van der Waals surface area contributed by atoms with Crippen molar-refractivity contribution in [1.29, 1.82) is 0 Å². The molecular weight excluding hydrogens is 351 g/mol. The molecule has 0 N–H and O–H groups in total. The topological polar surface area (TPSA) is 17.8 Å². The van der Waals surface area contributed by atoms with E-state index in [0.29, 0.717) is 6.04 Å². The first-order valence-corrected chi connectivity index (χ1v) is 7.39. The van der Waals surface area contributed by atoms with E-state index in [0.717, 1.165) is 5.69 Å². The number of rotatable bonds is 2. The van der Waals surface area contributed by atoms with Crippen LogP contribution in [0.25, 0.3) is 11.1 Å². The standard InChI is InChI=1S/C18H26N2.Pd/c1-10(2)20-16(8)18(15(7)19-20)17-12(4)9-11(3)13(5)14(17)6;/h9-10H,1-8H3;. The third-order valence-electron chi connectivity index (χ3n) is 4.42. The average molecular weight is 377 g/mol. The first-order chi connectivity index (χ1) is 9.25. The maximum absolute atomic E-state index is 4.74. The van der Waals surface area contributed by atoms with Crippen molar-refractivity contribution in [3.8, 4) is 11.1 Å². The summed E-state index contributed by atoms with van der Waals surface area (Å²) in [5, 5.41) is 4.74. The summed E-state index contributed by atoms with van der Waals surface area (Å²) in [7, 11) is 0. The van der Waals surface area contributed by atoms with Crippen molar-refractivity contribution in [1.82, 2.24) is 9.78 Å². The van der Waals surface area contributed by atoms with Gasteiger partial charge in [-0.3, -0.25) is 4.68 Å². The van der Waals surface area contributed by atoms with Gasteiger partial charge in [0.25, 0.3) is 0 Å². The normalized spacial score (nSPS) is 10.9. The second-order valence-electron chi connectivity index (χ2n) is 6.22. The third-order valence-corrected chi connectivity index (χ3v) is 4.42. The van der Waals surface area contributed by atoms with Crippen molar-refractivity contribution in [3.63, 3.8) is 0 Å². The number of aryl methyl sites for hydroxylation is 3. The summed E-state index contributed by atoms with van der Waals surface area (Å²) in [4.78, 5) is 0. The zero-order chi connectivity index (χ0) is 15.2. The average Bonchev–Trinajstić information content (AvgIpc) is 2.64. The molecule has 2 nitrogen and oxygen atoms in total. The zero-order valence-electron chi connectivity index (χ0n) is 14.4. The minimum Gasteiger partial charge on any atom is -0.266 e. The molecule has 3 heteroatoms. The molecule has 0 bridgehead atoms. The number of aromatic nitrogens is 2. The first kappa shape index (κ1) is 18.1. The van der Waals surface area contributed by atoms with Crippen LogP contribution in [-0.2, 0) is 20.4 Å². The van der Waals surface area contributed by atoms with Gasteiger partial charge >= 0.3 is 0 Å². The molecule has 0 saturated carbocycles. The minimum absolute atomic E-state index is 0. The van der Waals surface area contributed by atoms with Crippen molar-refractivity contribution in [2.24, 2.45) is 0 Å². The van der Waals surface area contributed by atoms with Crippen LogP contribution < -0.4 is 0 Å². The van der Waals surface area contributed by atoms with E-state index < -0.39 is 0 Å². The van der Waals surface area contributed by atoms with E-state index in [9.17, 15) is 0 Å². The molecule has 1 aromatic heterocycles. The quantitative estimate of drug-likeness (QED) is 0.676. The van der Waals surface area contributed by atoms with Gasteiger partial charge < -0.3 is 0 Å². The summed E-state index contributed by atoms with van der Waals surface area (Å²) in [5.41, 5.74) is 10.6. The maximum Gasteiger partial charge on any atom is 0.0675 e. The van der Waals surface area contributed by atoms with E-state index >= 15 is 0 Å². The molecule has 0 fully saturated rings. The van der Waals surface area contributed by atoms with Gasteiger partial charge in [-0.1, -0.05) is 6.07 Å². The molecule has 0 spiro atoms. The predicted octanol–water partition coefficient (Wildman–Crippen LogP) is 4.98. The molecule has 2 rings (SSSR count). The summed E-state index contributed by atoms with van der Waals surface area (Å²) in [6, 6.07) is 2.69. The molecule has 0 unspecified atom stereocenters. The Morgan fingerprint density at radius 1 is 0.857 bits per heavy atom. The summed E-state index contributed by atoms with van der Waals surface area (Å²) < 4.78 is 2.14. The smallest absolute Gasteiger partial charge is 0.0675 e. The first-order valence-electron chi connectivity index (χ1n) is 7.39. The Morgan fingerprint density at radius 2 is 1.43 bits per heavy atom. The fourth-order valence-electron chi connectivity index (χ4n) is 3.20. The van der Waals surface area contributed by atoms with E-state index in [1.807, 2.05) is 0 Å². The van der Waals surface area contributed by atoms with E-state index in [1.54, 1.807) is 0 Å². The largest absolute Gasteiger partial charge is 0.266 e. The second-order valence-corrected chi connectivity index (χ2v) is 6.22. The molecule has 0 aliphatic heterocycles. The molecule has 2 aromatic rings. The Morgan fingerprint density at radius 3 is 1.90 bits per heavy atom. The van der Waals surface area contributed by atoms with Gasteiger partial charge in [-0.2, -0.15) is 5.10 Å². The number of benzene rings is 1. The van der Waals surface area contributed by atoms with Crippen molar-refractivity contribution in [2.45, 2.75) is 61.4 Å².